The topological polar surface area (TPSA) is 87.7 Å². The summed E-state index contributed by atoms with van der Waals surface area (Å²) in [4.78, 5) is 22.3. The molecule has 6 nitrogen and oxygen atoms in total. The van der Waals surface area contributed by atoms with Gasteiger partial charge in [-0.3, -0.25) is 0 Å². The lowest BCUT2D eigenvalue weighted by Crippen LogP contribution is -2.45. The van der Waals surface area contributed by atoms with Crippen LogP contribution in [-0.4, -0.2) is 36.9 Å². The molecule has 0 aliphatic rings. The molecule has 0 bridgehead atoms. The number of carbonyl (C=O) groups excluding carboxylic acids is 1. The van der Waals surface area contributed by atoms with E-state index >= 15 is 0 Å². The second-order valence-electron chi connectivity index (χ2n) is 4.03. The number of urea groups is 1. The highest BCUT2D eigenvalue weighted by molar-refractivity contribution is 5.92. The maximum absolute atomic E-state index is 13.5. The second kappa shape index (κ2) is 6.80. The van der Waals surface area contributed by atoms with Gasteiger partial charge in [-0.15, -0.1) is 0 Å². The summed E-state index contributed by atoms with van der Waals surface area (Å²) in [6.07, 6.45) is 0. The van der Waals surface area contributed by atoms with Crippen LogP contribution >= 0.6 is 0 Å². The molecule has 1 aromatic rings. The van der Waals surface area contributed by atoms with Gasteiger partial charge < -0.3 is 20.5 Å². The first-order valence-corrected chi connectivity index (χ1v) is 5.60. The van der Waals surface area contributed by atoms with Crippen molar-refractivity contribution in [2.24, 2.45) is 0 Å². The average Bonchev–Trinajstić information content (AvgIpc) is 2.35. The lowest BCUT2D eigenvalue weighted by Gasteiger charge is -2.14. The minimum absolute atomic E-state index is 0.0938. The molecule has 0 spiro atoms. The van der Waals surface area contributed by atoms with Crippen LogP contribution in [0.4, 0.5) is 19.3 Å². The number of carboxylic acid groups (broad SMARTS) is 1. The number of hydrogen-bond donors (Lipinski definition) is 3. The van der Waals surface area contributed by atoms with Crippen molar-refractivity contribution in [3.05, 3.63) is 29.3 Å². The first-order valence-electron chi connectivity index (χ1n) is 5.60. The first kappa shape index (κ1) is 15.8. The van der Waals surface area contributed by atoms with Crippen LogP contribution < -0.4 is 10.6 Å². The van der Waals surface area contributed by atoms with Crippen molar-refractivity contribution in [1.82, 2.24) is 5.32 Å². The van der Waals surface area contributed by atoms with Gasteiger partial charge in [0.2, 0.25) is 0 Å². The number of nitrogens with one attached hydrogen (secondary N) is 2. The number of ether oxygens (including phenoxy) is 1. The Bertz CT molecular complexity index is 522. The number of aryl methyl sites for hydroxylation is 1. The van der Waals surface area contributed by atoms with Crippen molar-refractivity contribution in [1.29, 1.82) is 0 Å². The number of amides is 2. The molecule has 0 heterocycles. The summed E-state index contributed by atoms with van der Waals surface area (Å²) in [5.41, 5.74) is -0.289. The zero-order valence-corrected chi connectivity index (χ0v) is 10.9. The van der Waals surface area contributed by atoms with Gasteiger partial charge >= 0.3 is 12.0 Å². The Morgan fingerprint density at radius 1 is 1.35 bits per heavy atom. The molecule has 0 saturated heterocycles. The summed E-state index contributed by atoms with van der Waals surface area (Å²) in [6.45, 7) is 1.12. The highest BCUT2D eigenvalue weighted by atomic mass is 19.1. The smallest absolute Gasteiger partial charge is 0.328 e. The van der Waals surface area contributed by atoms with Crippen molar-refractivity contribution in [2.75, 3.05) is 19.0 Å². The Balaban J connectivity index is 2.75. The van der Waals surface area contributed by atoms with E-state index in [4.69, 9.17) is 5.11 Å². The Labute approximate surface area is 113 Å². The van der Waals surface area contributed by atoms with Crippen molar-refractivity contribution in [2.45, 2.75) is 13.0 Å². The lowest BCUT2D eigenvalue weighted by molar-refractivity contribution is -0.140. The number of aliphatic carboxylic acids is 1. The Morgan fingerprint density at radius 3 is 2.55 bits per heavy atom. The molecule has 0 aliphatic heterocycles. The van der Waals surface area contributed by atoms with E-state index in [0.717, 1.165) is 12.1 Å². The molecule has 0 radical (unpaired) electrons. The highest BCUT2D eigenvalue weighted by Crippen LogP contribution is 2.18. The van der Waals surface area contributed by atoms with E-state index < -0.39 is 29.7 Å². The van der Waals surface area contributed by atoms with E-state index in [-0.39, 0.29) is 17.9 Å². The fourth-order valence-corrected chi connectivity index (χ4v) is 1.40. The molecule has 1 rings (SSSR count). The van der Waals surface area contributed by atoms with E-state index in [1.54, 1.807) is 0 Å². The summed E-state index contributed by atoms with van der Waals surface area (Å²) < 4.78 is 31.4. The zero-order valence-electron chi connectivity index (χ0n) is 10.9. The van der Waals surface area contributed by atoms with E-state index in [0.29, 0.717) is 0 Å². The predicted molar refractivity (Wildman–Crippen MR) is 66.5 cm³/mol. The minimum atomic E-state index is -1.31. The Hall–Kier alpha value is -2.22. The predicted octanol–water partition coefficient (Wildman–Crippen LogP) is 1.49. The molecule has 1 unspecified atom stereocenters. The van der Waals surface area contributed by atoms with Gasteiger partial charge in [-0.25, -0.2) is 18.4 Å². The Kier molecular flexibility index (Phi) is 5.39. The summed E-state index contributed by atoms with van der Waals surface area (Å²) in [7, 11) is 1.27. The van der Waals surface area contributed by atoms with Gasteiger partial charge in [-0.05, 0) is 18.6 Å². The average molecular weight is 288 g/mol. The summed E-state index contributed by atoms with van der Waals surface area (Å²) in [5, 5.41) is 12.9. The third-order valence-corrected chi connectivity index (χ3v) is 2.43. The molecule has 0 aromatic heterocycles. The third kappa shape index (κ3) is 4.16. The minimum Gasteiger partial charge on any atom is -0.480 e. The Morgan fingerprint density at radius 2 is 2.00 bits per heavy atom. The van der Waals surface area contributed by atoms with Gasteiger partial charge in [-0.1, -0.05) is 0 Å². The molecule has 0 aliphatic carbocycles. The normalized spacial score (nSPS) is 11.8. The molecule has 0 saturated carbocycles. The number of rotatable bonds is 5. The fourth-order valence-electron chi connectivity index (χ4n) is 1.40. The largest absolute Gasteiger partial charge is 0.480 e. The molecule has 2 amide bonds. The second-order valence-corrected chi connectivity index (χ2v) is 4.03. The number of methoxy groups -OCH3 is 1. The van der Waals surface area contributed by atoms with E-state index in [1.165, 1.54) is 14.0 Å². The lowest BCUT2D eigenvalue weighted by atomic mass is 10.2. The summed E-state index contributed by atoms with van der Waals surface area (Å²) >= 11 is 0. The third-order valence-electron chi connectivity index (χ3n) is 2.43. The van der Waals surface area contributed by atoms with Crippen LogP contribution in [0.25, 0.3) is 0 Å². The first-order chi connectivity index (χ1) is 9.35. The van der Waals surface area contributed by atoms with Gasteiger partial charge in [0, 0.05) is 13.2 Å². The van der Waals surface area contributed by atoms with E-state index in [2.05, 4.69) is 10.1 Å². The van der Waals surface area contributed by atoms with Crippen molar-refractivity contribution < 1.29 is 28.2 Å². The molecular formula is C12H14F2N2O4. The molecule has 1 aromatic carbocycles. The van der Waals surface area contributed by atoms with E-state index in [1.807, 2.05) is 5.32 Å². The van der Waals surface area contributed by atoms with Crippen LogP contribution in [0.15, 0.2) is 12.1 Å². The molecule has 8 heteroatoms. The molecule has 110 valence electrons. The van der Waals surface area contributed by atoms with Crippen LogP contribution in [0.1, 0.15) is 5.56 Å². The van der Waals surface area contributed by atoms with Crippen molar-refractivity contribution >= 4 is 17.7 Å². The van der Waals surface area contributed by atoms with Gasteiger partial charge in [-0.2, -0.15) is 0 Å². The maximum atomic E-state index is 13.5. The van der Waals surface area contributed by atoms with E-state index in [9.17, 15) is 18.4 Å². The van der Waals surface area contributed by atoms with Crippen LogP contribution in [0.3, 0.4) is 0 Å². The van der Waals surface area contributed by atoms with Gasteiger partial charge in [0.15, 0.2) is 6.04 Å². The van der Waals surface area contributed by atoms with Crippen LogP contribution in [-0.2, 0) is 9.53 Å². The zero-order chi connectivity index (χ0) is 15.3. The molecule has 1 atom stereocenters. The number of benzene rings is 1. The molecule has 0 fully saturated rings. The number of hydrogen-bond acceptors (Lipinski definition) is 3. The summed E-state index contributed by atoms with van der Waals surface area (Å²) in [6, 6.07) is -0.527. The van der Waals surface area contributed by atoms with Crippen LogP contribution in [0.5, 0.6) is 0 Å². The monoisotopic (exact) mass is 288 g/mol. The van der Waals surface area contributed by atoms with Gasteiger partial charge in [0.05, 0.1) is 12.3 Å². The highest BCUT2D eigenvalue weighted by Gasteiger charge is 2.20. The quantitative estimate of drug-likeness (QED) is 0.766. The molecule has 20 heavy (non-hydrogen) atoms. The number of anilines is 1. The fraction of sp³-hybridized carbons (Fsp3) is 0.333. The standard InChI is InChI=1S/C12H14F2N2O4/c1-6-3-8(14)9(4-7(6)13)15-12(19)16-10(5-20-2)11(17)18/h3-4,10H,5H2,1-2H3,(H,17,18)(H2,15,16,19). The number of carboxylic acids is 1. The van der Waals surface area contributed by atoms with Crippen LogP contribution in [0.2, 0.25) is 0 Å². The van der Waals surface area contributed by atoms with Crippen molar-refractivity contribution in [3.63, 3.8) is 0 Å². The number of carbonyl (C=O) groups is 2. The van der Waals surface area contributed by atoms with Crippen LogP contribution in [0, 0.1) is 18.6 Å². The molecule has 3 N–H and O–H groups in total. The van der Waals surface area contributed by atoms with Gasteiger partial charge in [0.1, 0.15) is 11.6 Å². The SMILES string of the molecule is COCC(NC(=O)Nc1cc(F)c(C)cc1F)C(=O)O. The number of halogens is 2. The van der Waals surface area contributed by atoms with Gasteiger partial charge in [0.25, 0.3) is 0 Å². The maximum Gasteiger partial charge on any atom is 0.328 e. The summed E-state index contributed by atoms with van der Waals surface area (Å²) in [5.74, 6) is -2.82. The van der Waals surface area contributed by atoms with Crippen molar-refractivity contribution in [3.8, 4) is 0 Å². The molecular weight excluding hydrogens is 274 g/mol.